The minimum Gasteiger partial charge on any atom is -0.375 e. The van der Waals surface area contributed by atoms with E-state index in [1.54, 1.807) is 0 Å². The average Bonchev–Trinajstić information content (AvgIpc) is 2.74. The van der Waals surface area contributed by atoms with Crippen molar-refractivity contribution in [3.8, 4) is 0 Å². The molecule has 1 aliphatic rings. The smallest absolute Gasteiger partial charge is 0.253 e. The Morgan fingerprint density at radius 3 is 2.50 bits per heavy atom. The van der Waals surface area contributed by atoms with E-state index in [9.17, 15) is 9.59 Å². The lowest BCUT2D eigenvalue weighted by Crippen LogP contribution is -2.43. The van der Waals surface area contributed by atoms with E-state index in [0.717, 1.165) is 37.2 Å². The van der Waals surface area contributed by atoms with Gasteiger partial charge in [0.25, 0.3) is 5.91 Å². The number of hydrogen-bond acceptors (Lipinski definition) is 3. The zero-order valence-electron chi connectivity index (χ0n) is 16.7. The largest absolute Gasteiger partial charge is 0.375 e. The van der Waals surface area contributed by atoms with E-state index in [1.165, 1.54) is 0 Å². The van der Waals surface area contributed by atoms with E-state index < -0.39 is 0 Å². The van der Waals surface area contributed by atoms with Crippen LogP contribution >= 0.6 is 0 Å². The van der Waals surface area contributed by atoms with E-state index in [1.807, 2.05) is 59.5 Å². The SMILES string of the molecule is CCCN(C)c1ccc(C(=O)N2CCCC(C(=O)Nc3ccccc3)C2)cc1. The van der Waals surface area contributed by atoms with E-state index in [-0.39, 0.29) is 17.7 Å². The molecule has 2 aromatic carbocycles. The first-order valence-corrected chi connectivity index (χ1v) is 10.0. The Morgan fingerprint density at radius 2 is 1.82 bits per heavy atom. The number of para-hydroxylation sites is 1. The highest BCUT2D eigenvalue weighted by Crippen LogP contribution is 2.22. The lowest BCUT2D eigenvalue weighted by Gasteiger charge is -2.32. The van der Waals surface area contributed by atoms with Crippen LogP contribution in [-0.2, 0) is 4.79 Å². The van der Waals surface area contributed by atoms with Gasteiger partial charge in [-0.15, -0.1) is 0 Å². The number of hydrogen-bond donors (Lipinski definition) is 1. The van der Waals surface area contributed by atoms with Gasteiger partial charge in [-0.3, -0.25) is 9.59 Å². The van der Waals surface area contributed by atoms with Crippen LogP contribution in [0, 0.1) is 5.92 Å². The molecule has 148 valence electrons. The number of nitrogens with zero attached hydrogens (tertiary/aromatic N) is 2. The molecular weight excluding hydrogens is 350 g/mol. The summed E-state index contributed by atoms with van der Waals surface area (Å²) < 4.78 is 0. The Bertz CT molecular complexity index is 789. The van der Waals surface area contributed by atoms with Crippen molar-refractivity contribution in [2.75, 3.05) is 36.9 Å². The molecule has 5 nitrogen and oxygen atoms in total. The number of carbonyl (C=O) groups is 2. The third-order valence-corrected chi connectivity index (χ3v) is 5.23. The maximum absolute atomic E-state index is 12.9. The number of rotatable bonds is 6. The summed E-state index contributed by atoms with van der Waals surface area (Å²) in [5.74, 6) is -0.185. The molecule has 3 rings (SSSR count). The highest BCUT2D eigenvalue weighted by Gasteiger charge is 2.29. The third-order valence-electron chi connectivity index (χ3n) is 5.23. The van der Waals surface area contributed by atoms with E-state index in [0.29, 0.717) is 18.7 Å². The predicted octanol–water partition coefficient (Wildman–Crippen LogP) is 4.02. The number of piperidine rings is 1. The molecular formula is C23H29N3O2. The highest BCUT2D eigenvalue weighted by atomic mass is 16.2. The van der Waals surface area contributed by atoms with Gasteiger partial charge in [-0.2, -0.15) is 0 Å². The van der Waals surface area contributed by atoms with Crippen LogP contribution in [0.4, 0.5) is 11.4 Å². The molecule has 5 heteroatoms. The van der Waals surface area contributed by atoms with Crippen molar-refractivity contribution in [3.63, 3.8) is 0 Å². The average molecular weight is 380 g/mol. The van der Waals surface area contributed by atoms with Crippen LogP contribution in [0.15, 0.2) is 54.6 Å². The number of nitrogens with one attached hydrogen (secondary N) is 1. The zero-order chi connectivity index (χ0) is 19.9. The van der Waals surface area contributed by atoms with Crippen LogP contribution < -0.4 is 10.2 Å². The van der Waals surface area contributed by atoms with Crippen LogP contribution in [0.1, 0.15) is 36.5 Å². The molecule has 1 fully saturated rings. The summed E-state index contributed by atoms with van der Waals surface area (Å²) in [6.07, 6.45) is 2.73. The second-order valence-corrected chi connectivity index (χ2v) is 7.41. The van der Waals surface area contributed by atoms with E-state index in [2.05, 4.69) is 24.2 Å². The monoisotopic (exact) mass is 379 g/mol. The first-order valence-electron chi connectivity index (χ1n) is 10.0. The van der Waals surface area contributed by atoms with Crippen molar-refractivity contribution >= 4 is 23.2 Å². The molecule has 1 atom stereocenters. The number of likely N-dealkylation sites (tertiary alicyclic amines) is 1. The van der Waals surface area contributed by atoms with E-state index in [4.69, 9.17) is 0 Å². The number of anilines is 2. The van der Waals surface area contributed by atoms with Crippen molar-refractivity contribution in [2.24, 2.45) is 5.92 Å². The number of benzene rings is 2. The third kappa shape index (κ3) is 4.91. The number of amides is 2. The first kappa shape index (κ1) is 19.9. The Morgan fingerprint density at radius 1 is 1.11 bits per heavy atom. The van der Waals surface area contributed by atoms with E-state index >= 15 is 0 Å². The highest BCUT2D eigenvalue weighted by molar-refractivity contribution is 5.96. The second-order valence-electron chi connectivity index (χ2n) is 7.41. The lowest BCUT2D eigenvalue weighted by atomic mass is 9.96. The second kappa shape index (κ2) is 9.40. The fraction of sp³-hybridized carbons (Fsp3) is 0.391. The lowest BCUT2D eigenvalue weighted by molar-refractivity contribution is -0.121. The summed E-state index contributed by atoms with van der Waals surface area (Å²) in [5.41, 5.74) is 2.58. The summed E-state index contributed by atoms with van der Waals surface area (Å²) in [5, 5.41) is 2.96. The van der Waals surface area contributed by atoms with Gasteiger partial charge in [-0.25, -0.2) is 0 Å². The molecule has 1 saturated heterocycles. The molecule has 0 bridgehead atoms. The molecule has 2 aromatic rings. The van der Waals surface area contributed by atoms with Crippen LogP contribution in [0.3, 0.4) is 0 Å². The molecule has 0 saturated carbocycles. The quantitative estimate of drug-likeness (QED) is 0.825. The molecule has 0 spiro atoms. The molecule has 1 unspecified atom stereocenters. The summed E-state index contributed by atoms with van der Waals surface area (Å²) in [6.45, 7) is 4.30. The van der Waals surface area contributed by atoms with Crippen LogP contribution in [0.2, 0.25) is 0 Å². The summed E-state index contributed by atoms with van der Waals surface area (Å²) in [6, 6.07) is 17.2. The normalized spacial score (nSPS) is 16.5. The van der Waals surface area contributed by atoms with Crippen LogP contribution in [0.5, 0.6) is 0 Å². The molecule has 0 aliphatic carbocycles. The first-order chi connectivity index (χ1) is 13.6. The van der Waals surface area contributed by atoms with Crippen molar-refractivity contribution < 1.29 is 9.59 Å². The summed E-state index contributed by atoms with van der Waals surface area (Å²) >= 11 is 0. The Hall–Kier alpha value is -2.82. The van der Waals surface area contributed by atoms with Crippen molar-refractivity contribution in [3.05, 3.63) is 60.2 Å². The molecule has 0 aromatic heterocycles. The van der Waals surface area contributed by atoms with Gasteiger partial charge in [-0.1, -0.05) is 25.1 Å². The van der Waals surface area contributed by atoms with Gasteiger partial charge in [0, 0.05) is 43.6 Å². The molecule has 1 aliphatic heterocycles. The van der Waals surface area contributed by atoms with Gasteiger partial charge in [0.1, 0.15) is 0 Å². The minimum absolute atomic E-state index is 0.00176. The van der Waals surface area contributed by atoms with Crippen molar-refractivity contribution in [1.29, 1.82) is 0 Å². The Labute approximate surface area is 167 Å². The molecule has 0 radical (unpaired) electrons. The summed E-state index contributed by atoms with van der Waals surface area (Å²) in [7, 11) is 2.06. The Balaban J connectivity index is 1.61. The van der Waals surface area contributed by atoms with Gasteiger partial charge in [0.15, 0.2) is 0 Å². The van der Waals surface area contributed by atoms with Gasteiger partial charge in [0.2, 0.25) is 5.91 Å². The van der Waals surface area contributed by atoms with Gasteiger partial charge in [-0.05, 0) is 55.7 Å². The van der Waals surface area contributed by atoms with Crippen molar-refractivity contribution in [1.82, 2.24) is 4.90 Å². The molecule has 2 amide bonds. The van der Waals surface area contributed by atoms with Gasteiger partial charge < -0.3 is 15.1 Å². The zero-order valence-corrected chi connectivity index (χ0v) is 16.7. The molecule has 1 heterocycles. The van der Waals surface area contributed by atoms with Gasteiger partial charge in [0.05, 0.1) is 5.92 Å². The maximum atomic E-state index is 12.9. The number of carbonyl (C=O) groups excluding carboxylic acids is 2. The maximum Gasteiger partial charge on any atom is 0.253 e. The Kier molecular flexibility index (Phi) is 6.69. The van der Waals surface area contributed by atoms with Crippen LogP contribution in [-0.4, -0.2) is 43.4 Å². The predicted molar refractivity (Wildman–Crippen MR) is 114 cm³/mol. The minimum atomic E-state index is -0.173. The van der Waals surface area contributed by atoms with Gasteiger partial charge >= 0.3 is 0 Å². The fourth-order valence-electron chi connectivity index (χ4n) is 3.65. The molecule has 28 heavy (non-hydrogen) atoms. The summed E-state index contributed by atoms with van der Waals surface area (Å²) in [4.78, 5) is 29.5. The van der Waals surface area contributed by atoms with Crippen LogP contribution in [0.25, 0.3) is 0 Å². The standard InChI is InChI=1S/C23H29N3O2/c1-3-15-25(2)21-13-11-18(12-14-21)23(28)26-16-7-8-19(17-26)22(27)24-20-9-5-4-6-10-20/h4-6,9-14,19H,3,7-8,15-17H2,1-2H3,(H,24,27). The van der Waals surface area contributed by atoms with Crippen molar-refractivity contribution in [2.45, 2.75) is 26.2 Å². The fourth-order valence-corrected chi connectivity index (χ4v) is 3.65. The topological polar surface area (TPSA) is 52.7 Å². The molecule has 1 N–H and O–H groups in total.